The second kappa shape index (κ2) is 6.36. The molecule has 134 valence electrons. The number of nitrogens with zero attached hydrogens (tertiary/aromatic N) is 3. The van der Waals surface area contributed by atoms with E-state index in [4.69, 9.17) is 0 Å². The summed E-state index contributed by atoms with van der Waals surface area (Å²) in [6, 6.07) is 19.7. The van der Waals surface area contributed by atoms with Gasteiger partial charge in [0.05, 0.1) is 11.2 Å². The molecule has 0 aliphatic carbocycles. The van der Waals surface area contributed by atoms with Gasteiger partial charge in [-0.1, -0.05) is 35.9 Å². The first-order valence-electron chi connectivity index (χ1n) is 9.53. The number of aromatic nitrogens is 2. The maximum Gasteiger partial charge on any atom is 0.0537 e. The third-order valence-corrected chi connectivity index (χ3v) is 5.61. The quantitative estimate of drug-likeness (QED) is 0.506. The van der Waals surface area contributed by atoms with Gasteiger partial charge in [0.25, 0.3) is 0 Å². The van der Waals surface area contributed by atoms with E-state index in [1.807, 2.05) is 18.5 Å². The van der Waals surface area contributed by atoms with Gasteiger partial charge in [-0.25, -0.2) is 0 Å². The molecule has 2 aromatic heterocycles. The minimum Gasteiger partial charge on any atom is -0.313 e. The van der Waals surface area contributed by atoms with E-state index in [2.05, 4.69) is 77.0 Å². The molecular weight excluding hydrogens is 330 g/mol. The first-order chi connectivity index (χ1) is 13.2. The SMILES string of the molecule is Cc1ccc2c(c1)c1c(n2-c2ccccc2-c2cccnc2)CCN(C)C1. The van der Waals surface area contributed by atoms with Gasteiger partial charge in [-0.3, -0.25) is 4.98 Å². The highest BCUT2D eigenvalue weighted by atomic mass is 15.1. The molecule has 0 saturated carbocycles. The van der Waals surface area contributed by atoms with Gasteiger partial charge in [0.2, 0.25) is 0 Å². The monoisotopic (exact) mass is 353 g/mol. The number of aryl methyl sites for hydroxylation is 1. The Morgan fingerprint density at radius 1 is 1.00 bits per heavy atom. The van der Waals surface area contributed by atoms with Crippen LogP contribution in [0.1, 0.15) is 16.8 Å². The maximum atomic E-state index is 4.34. The molecule has 0 unspecified atom stereocenters. The van der Waals surface area contributed by atoms with E-state index < -0.39 is 0 Å². The summed E-state index contributed by atoms with van der Waals surface area (Å²) in [6.07, 6.45) is 4.85. The second-order valence-corrected chi connectivity index (χ2v) is 7.53. The topological polar surface area (TPSA) is 21.1 Å². The molecule has 1 aliphatic rings. The maximum absolute atomic E-state index is 4.34. The Balaban J connectivity index is 1.83. The van der Waals surface area contributed by atoms with Gasteiger partial charge in [-0.05, 0) is 43.8 Å². The number of likely N-dealkylation sites (N-methyl/N-ethyl adjacent to an activating group) is 1. The third-order valence-electron chi connectivity index (χ3n) is 5.61. The Bertz CT molecular complexity index is 1130. The summed E-state index contributed by atoms with van der Waals surface area (Å²) in [5.74, 6) is 0. The molecule has 2 aromatic carbocycles. The van der Waals surface area contributed by atoms with E-state index in [0.717, 1.165) is 25.1 Å². The van der Waals surface area contributed by atoms with Gasteiger partial charge in [-0.15, -0.1) is 0 Å². The standard InChI is InChI=1S/C24H23N3/c1-17-9-10-23-20(14-17)21-16-26(2)13-11-24(21)27(23)22-8-4-3-7-19(22)18-6-5-12-25-15-18/h3-10,12,14-15H,11,13,16H2,1-2H3. The van der Waals surface area contributed by atoms with Gasteiger partial charge < -0.3 is 9.47 Å². The Kier molecular flexibility index (Phi) is 3.83. The van der Waals surface area contributed by atoms with Gasteiger partial charge in [-0.2, -0.15) is 0 Å². The molecule has 0 fully saturated rings. The van der Waals surface area contributed by atoms with E-state index >= 15 is 0 Å². The fourth-order valence-corrected chi connectivity index (χ4v) is 4.32. The molecule has 4 aromatic rings. The van der Waals surface area contributed by atoms with Crippen LogP contribution in [0.2, 0.25) is 0 Å². The zero-order valence-corrected chi connectivity index (χ0v) is 15.8. The summed E-state index contributed by atoms with van der Waals surface area (Å²) in [6.45, 7) is 4.29. The van der Waals surface area contributed by atoms with Crippen LogP contribution in [0, 0.1) is 6.92 Å². The van der Waals surface area contributed by atoms with Crippen molar-refractivity contribution in [1.29, 1.82) is 0 Å². The number of pyridine rings is 1. The number of para-hydroxylation sites is 1. The van der Waals surface area contributed by atoms with Crippen LogP contribution in [0.5, 0.6) is 0 Å². The normalized spacial score (nSPS) is 14.4. The fraction of sp³-hybridized carbons (Fsp3) is 0.208. The summed E-state index contributed by atoms with van der Waals surface area (Å²) in [5.41, 5.74) is 9.17. The van der Waals surface area contributed by atoms with Gasteiger partial charge in [0, 0.05) is 54.1 Å². The molecule has 5 rings (SSSR count). The molecule has 0 amide bonds. The number of benzene rings is 2. The van der Waals surface area contributed by atoms with E-state index in [1.165, 1.54) is 39.0 Å². The van der Waals surface area contributed by atoms with Crippen LogP contribution in [0.3, 0.4) is 0 Å². The first kappa shape index (κ1) is 16.3. The average molecular weight is 353 g/mol. The molecule has 0 bridgehead atoms. The van der Waals surface area contributed by atoms with Crippen molar-refractivity contribution in [3.63, 3.8) is 0 Å². The lowest BCUT2D eigenvalue weighted by Crippen LogP contribution is -2.27. The van der Waals surface area contributed by atoms with Crippen LogP contribution in [-0.4, -0.2) is 28.0 Å². The molecule has 3 heteroatoms. The smallest absolute Gasteiger partial charge is 0.0537 e. The zero-order valence-electron chi connectivity index (χ0n) is 15.8. The van der Waals surface area contributed by atoms with Crippen molar-refractivity contribution >= 4 is 10.9 Å². The lowest BCUT2D eigenvalue weighted by molar-refractivity contribution is 0.311. The fourth-order valence-electron chi connectivity index (χ4n) is 4.32. The van der Waals surface area contributed by atoms with Gasteiger partial charge in [0.15, 0.2) is 0 Å². The molecule has 0 saturated heterocycles. The third kappa shape index (κ3) is 2.66. The summed E-state index contributed by atoms with van der Waals surface area (Å²) in [4.78, 5) is 6.76. The van der Waals surface area contributed by atoms with Crippen LogP contribution in [0.15, 0.2) is 67.0 Å². The summed E-state index contributed by atoms with van der Waals surface area (Å²) in [5, 5.41) is 1.39. The Morgan fingerprint density at radius 2 is 1.89 bits per heavy atom. The Labute approximate surface area is 159 Å². The minimum atomic E-state index is 1.01. The lowest BCUT2D eigenvalue weighted by atomic mass is 10.0. The number of rotatable bonds is 2. The van der Waals surface area contributed by atoms with Crippen molar-refractivity contribution < 1.29 is 0 Å². The lowest BCUT2D eigenvalue weighted by Gasteiger charge is -2.25. The van der Waals surface area contributed by atoms with E-state index in [1.54, 1.807) is 0 Å². The molecule has 3 nitrogen and oxygen atoms in total. The van der Waals surface area contributed by atoms with Crippen molar-refractivity contribution in [2.75, 3.05) is 13.6 Å². The summed E-state index contributed by atoms with van der Waals surface area (Å²) >= 11 is 0. The molecule has 1 aliphatic heterocycles. The highest BCUT2D eigenvalue weighted by molar-refractivity contribution is 5.90. The van der Waals surface area contributed by atoms with Crippen LogP contribution in [0.4, 0.5) is 0 Å². The largest absolute Gasteiger partial charge is 0.313 e. The van der Waals surface area contributed by atoms with Gasteiger partial charge in [0.1, 0.15) is 0 Å². The van der Waals surface area contributed by atoms with Crippen molar-refractivity contribution in [2.24, 2.45) is 0 Å². The highest BCUT2D eigenvalue weighted by Crippen LogP contribution is 2.36. The van der Waals surface area contributed by atoms with Crippen molar-refractivity contribution in [2.45, 2.75) is 19.9 Å². The van der Waals surface area contributed by atoms with E-state index in [9.17, 15) is 0 Å². The molecule has 0 N–H and O–H groups in total. The molecule has 0 spiro atoms. The predicted octanol–water partition coefficient (Wildman–Crippen LogP) is 4.99. The minimum absolute atomic E-state index is 1.01. The molecular formula is C24H23N3. The number of hydrogen-bond acceptors (Lipinski definition) is 2. The van der Waals surface area contributed by atoms with Crippen molar-refractivity contribution in [3.05, 3.63) is 83.8 Å². The molecule has 27 heavy (non-hydrogen) atoms. The number of fused-ring (bicyclic) bond motifs is 3. The second-order valence-electron chi connectivity index (χ2n) is 7.53. The van der Waals surface area contributed by atoms with Crippen LogP contribution >= 0.6 is 0 Å². The summed E-state index contributed by atoms with van der Waals surface area (Å²) < 4.78 is 2.49. The van der Waals surface area contributed by atoms with Gasteiger partial charge >= 0.3 is 0 Å². The molecule has 0 atom stereocenters. The predicted molar refractivity (Wildman–Crippen MR) is 111 cm³/mol. The molecule has 3 heterocycles. The Morgan fingerprint density at radius 3 is 2.74 bits per heavy atom. The van der Waals surface area contributed by atoms with Crippen LogP contribution in [0.25, 0.3) is 27.7 Å². The number of hydrogen-bond donors (Lipinski definition) is 0. The van der Waals surface area contributed by atoms with Crippen molar-refractivity contribution in [1.82, 2.24) is 14.5 Å². The van der Waals surface area contributed by atoms with E-state index in [-0.39, 0.29) is 0 Å². The first-order valence-corrected chi connectivity index (χ1v) is 9.53. The Hall–Kier alpha value is -2.91. The zero-order chi connectivity index (χ0) is 18.4. The van der Waals surface area contributed by atoms with Crippen LogP contribution in [-0.2, 0) is 13.0 Å². The van der Waals surface area contributed by atoms with Crippen molar-refractivity contribution in [3.8, 4) is 16.8 Å². The highest BCUT2D eigenvalue weighted by Gasteiger charge is 2.24. The van der Waals surface area contributed by atoms with E-state index in [0.29, 0.717) is 0 Å². The molecule has 0 radical (unpaired) electrons. The summed E-state index contributed by atoms with van der Waals surface area (Å²) in [7, 11) is 2.21. The average Bonchev–Trinajstić information content (AvgIpc) is 3.01. The van der Waals surface area contributed by atoms with Crippen LogP contribution < -0.4 is 0 Å².